The van der Waals surface area contributed by atoms with Crippen LogP contribution in [0, 0.1) is 0 Å². The van der Waals surface area contributed by atoms with Gasteiger partial charge in [-0.15, -0.1) is 23.1 Å². The van der Waals surface area contributed by atoms with Crippen molar-refractivity contribution in [2.75, 3.05) is 25.2 Å². The molecule has 0 saturated carbocycles. The highest BCUT2D eigenvalue weighted by molar-refractivity contribution is 8.00. The predicted molar refractivity (Wildman–Crippen MR) is 172 cm³/mol. The maximum atomic E-state index is 14.0. The molecule has 0 aliphatic carbocycles. The van der Waals surface area contributed by atoms with Gasteiger partial charge in [0.05, 0.1) is 6.61 Å². The second-order valence-electron chi connectivity index (χ2n) is 9.89. The zero-order valence-corrected chi connectivity index (χ0v) is 26.2. The van der Waals surface area contributed by atoms with Gasteiger partial charge in [-0.05, 0) is 23.1 Å². The Morgan fingerprint density at radius 3 is 2.39 bits per heavy atom. The molecule has 46 heavy (non-hydrogen) atoms. The van der Waals surface area contributed by atoms with Gasteiger partial charge < -0.3 is 31.1 Å². The Morgan fingerprint density at radius 2 is 1.80 bits per heavy atom. The van der Waals surface area contributed by atoms with E-state index in [1.807, 2.05) is 60.7 Å². The molecule has 3 amide bonds. The van der Waals surface area contributed by atoms with Crippen LogP contribution < -0.4 is 16.8 Å². The van der Waals surface area contributed by atoms with Crippen molar-refractivity contribution in [3.63, 3.8) is 0 Å². The first kappa shape index (κ1) is 32.2. The van der Waals surface area contributed by atoms with Gasteiger partial charge in [0.2, 0.25) is 0 Å². The largest absolute Gasteiger partial charge is 0.449 e. The topological polar surface area (TPSA) is 189 Å². The summed E-state index contributed by atoms with van der Waals surface area (Å²) >= 11 is 2.49. The summed E-state index contributed by atoms with van der Waals surface area (Å²) in [6.45, 7) is 0.0471. The van der Waals surface area contributed by atoms with Crippen LogP contribution in [0.15, 0.2) is 94.6 Å². The average Bonchev–Trinajstić information content (AvgIpc) is 3.50. The number of hydrogen-bond acceptors (Lipinski definition) is 12. The van der Waals surface area contributed by atoms with Crippen molar-refractivity contribution < 1.29 is 33.5 Å². The molecule has 5 N–H and O–H groups in total. The minimum atomic E-state index is -0.966. The number of benzene rings is 2. The Bertz CT molecular complexity index is 1650. The number of thioether (sulfide) groups is 1. The third kappa shape index (κ3) is 7.21. The molecule has 1 saturated heterocycles. The highest BCUT2D eigenvalue weighted by atomic mass is 32.2. The highest BCUT2D eigenvalue weighted by Gasteiger charge is 2.54. The lowest BCUT2D eigenvalue weighted by molar-refractivity contribution is -0.154. The average molecular weight is 663 g/mol. The Labute approximate surface area is 272 Å². The lowest BCUT2D eigenvalue weighted by atomic mass is 10.00. The molecule has 2 aromatic carbocycles. The number of nitrogens with two attached hydrogens (primary N) is 2. The standard InChI is InChI=1S/C31H30N6O7S2/c1-42-36-22(21-17-46-30(32)34-21)26(38)35-23-27(39)37-24(20(16-45-28(23)37)14-8-9-15-43-31(33)41)29(40)44-25(18-10-4-2-5-11-18)19-12-6-3-7-13-19/h2-8,10-14,17,23,25,28H,9,15-16H2,1H3,(H2,32,34)(H2,33,41)(H,35,38)/b14-8+,36-22?/t23-,28-/m1/s1. The van der Waals surface area contributed by atoms with Crippen LogP contribution in [-0.4, -0.2) is 70.4 Å². The fourth-order valence-corrected chi connectivity index (χ4v) is 6.73. The van der Waals surface area contributed by atoms with Crippen molar-refractivity contribution >= 4 is 57.8 Å². The summed E-state index contributed by atoms with van der Waals surface area (Å²) in [7, 11) is 1.28. The molecule has 13 nitrogen and oxygen atoms in total. The fraction of sp³-hybridized carbons (Fsp3) is 0.226. The molecule has 2 atom stereocenters. The van der Waals surface area contributed by atoms with E-state index in [4.69, 9.17) is 25.8 Å². The fourth-order valence-electron chi connectivity index (χ4n) is 4.86. The van der Waals surface area contributed by atoms with E-state index < -0.39 is 41.4 Å². The van der Waals surface area contributed by atoms with Crippen molar-refractivity contribution in [1.29, 1.82) is 0 Å². The number of oxime groups is 1. The third-order valence-corrected chi connectivity index (χ3v) is 8.89. The van der Waals surface area contributed by atoms with Gasteiger partial charge in [-0.3, -0.25) is 14.5 Å². The minimum Gasteiger partial charge on any atom is -0.449 e. The van der Waals surface area contributed by atoms with Crippen LogP contribution in [0.3, 0.4) is 0 Å². The summed E-state index contributed by atoms with van der Waals surface area (Å²) in [6, 6.07) is 17.6. The Hall–Kier alpha value is -5.15. The number of fused-ring (bicyclic) bond motifs is 1. The number of carbonyl (C=O) groups is 4. The first-order valence-electron chi connectivity index (χ1n) is 14.0. The van der Waals surface area contributed by atoms with Crippen LogP contribution in [0.1, 0.15) is 29.3 Å². The lowest BCUT2D eigenvalue weighted by Crippen LogP contribution is -2.71. The smallest absolute Gasteiger partial charge is 0.404 e. The van der Waals surface area contributed by atoms with E-state index in [0.717, 1.165) is 22.5 Å². The number of nitrogens with one attached hydrogen (secondary N) is 1. The van der Waals surface area contributed by atoms with E-state index >= 15 is 0 Å². The van der Waals surface area contributed by atoms with Crippen molar-refractivity contribution in [2.45, 2.75) is 23.9 Å². The Kier molecular flexibility index (Phi) is 10.3. The summed E-state index contributed by atoms with van der Waals surface area (Å²) in [6.07, 6.45) is 2.09. The molecule has 1 aromatic heterocycles. The first-order chi connectivity index (χ1) is 22.3. The second-order valence-corrected chi connectivity index (χ2v) is 11.9. The van der Waals surface area contributed by atoms with Gasteiger partial charge in [0.15, 0.2) is 16.9 Å². The van der Waals surface area contributed by atoms with Crippen LogP contribution >= 0.6 is 23.1 Å². The van der Waals surface area contributed by atoms with Gasteiger partial charge in [-0.25, -0.2) is 14.6 Å². The molecule has 5 rings (SSSR count). The number of anilines is 1. The van der Waals surface area contributed by atoms with E-state index in [-0.39, 0.29) is 28.8 Å². The summed E-state index contributed by atoms with van der Waals surface area (Å²) in [5.74, 6) is -1.59. The SMILES string of the molecule is CON=C(C(=O)N[C@@H]1C(=O)N2C(C(=O)OC(c3ccccc3)c3ccccc3)=C(/C=C/CCOC(N)=O)CS[C@H]12)c1csc(N)n1. The number of rotatable bonds is 12. The number of nitrogens with zero attached hydrogens (tertiary/aromatic N) is 3. The molecule has 0 spiro atoms. The number of nitrogen functional groups attached to an aromatic ring is 1. The molecule has 2 aliphatic rings. The number of primary amides is 1. The van der Waals surface area contributed by atoms with Gasteiger partial charge >= 0.3 is 12.1 Å². The van der Waals surface area contributed by atoms with Crippen molar-refractivity contribution in [3.05, 3.63) is 106 Å². The molecule has 0 radical (unpaired) electrons. The molecular weight excluding hydrogens is 633 g/mol. The van der Waals surface area contributed by atoms with Gasteiger partial charge in [-0.1, -0.05) is 78.0 Å². The monoisotopic (exact) mass is 662 g/mol. The normalized spacial score (nSPS) is 17.8. The maximum absolute atomic E-state index is 14.0. The van der Waals surface area contributed by atoms with E-state index in [2.05, 4.69) is 15.5 Å². The Morgan fingerprint density at radius 1 is 1.13 bits per heavy atom. The summed E-state index contributed by atoms with van der Waals surface area (Å²) in [5, 5.41) is 7.67. The highest BCUT2D eigenvalue weighted by Crippen LogP contribution is 2.42. The predicted octanol–water partition coefficient (Wildman–Crippen LogP) is 3.10. The minimum absolute atomic E-state index is 0.0471. The molecule has 1 fully saturated rings. The quantitative estimate of drug-likeness (QED) is 0.0855. The van der Waals surface area contributed by atoms with Gasteiger partial charge in [-0.2, -0.15) is 0 Å². The molecule has 2 aliphatic heterocycles. The number of hydrogen-bond donors (Lipinski definition) is 3. The molecule has 0 unspecified atom stereocenters. The molecule has 0 bridgehead atoms. The zero-order chi connectivity index (χ0) is 32.6. The number of amides is 3. The van der Waals surface area contributed by atoms with Crippen molar-refractivity contribution in [3.8, 4) is 0 Å². The van der Waals surface area contributed by atoms with E-state index in [9.17, 15) is 19.2 Å². The second kappa shape index (κ2) is 14.8. The number of ether oxygens (including phenoxy) is 2. The number of aromatic nitrogens is 1. The maximum Gasteiger partial charge on any atom is 0.404 e. The van der Waals surface area contributed by atoms with Crippen LogP contribution in [0.4, 0.5) is 9.93 Å². The summed E-state index contributed by atoms with van der Waals surface area (Å²) < 4.78 is 10.9. The zero-order valence-electron chi connectivity index (χ0n) is 24.5. The number of allylic oxidation sites excluding steroid dienone is 1. The van der Waals surface area contributed by atoms with Crippen LogP contribution in [0.5, 0.6) is 0 Å². The molecule has 15 heteroatoms. The third-order valence-electron chi connectivity index (χ3n) is 6.92. The summed E-state index contributed by atoms with van der Waals surface area (Å²) in [5.41, 5.74) is 12.9. The molecular formula is C31H30N6O7S2. The summed E-state index contributed by atoms with van der Waals surface area (Å²) in [4.78, 5) is 62.1. The van der Waals surface area contributed by atoms with Crippen molar-refractivity contribution in [1.82, 2.24) is 15.2 Å². The number of esters is 1. The molecule has 3 aromatic rings. The number of carbonyl (C=O) groups excluding carboxylic acids is 4. The molecule has 238 valence electrons. The van der Waals surface area contributed by atoms with E-state index in [1.54, 1.807) is 17.5 Å². The van der Waals surface area contributed by atoms with Gasteiger partial charge in [0.1, 0.15) is 29.9 Å². The van der Waals surface area contributed by atoms with Crippen LogP contribution in [0.25, 0.3) is 0 Å². The first-order valence-corrected chi connectivity index (χ1v) is 15.9. The molecule has 3 heterocycles. The number of thiazole rings is 1. The van der Waals surface area contributed by atoms with E-state index in [1.165, 1.54) is 23.8 Å². The van der Waals surface area contributed by atoms with Crippen LogP contribution in [0.2, 0.25) is 0 Å². The van der Waals surface area contributed by atoms with Crippen LogP contribution in [-0.2, 0) is 28.7 Å². The van der Waals surface area contributed by atoms with Gasteiger partial charge in [0.25, 0.3) is 11.8 Å². The van der Waals surface area contributed by atoms with Crippen molar-refractivity contribution in [2.24, 2.45) is 10.9 Å². The lowest BCUT2D eigenvalue weighted by Gasteiger charge is -2.49. The number of β-lactam (4-membered cyclic amide) rings is 1. The van der Waals surface area contributed by atoms with E-state index in [0.29, 0.717) is 17.7 Å². The van der Waals surface area contributed by atoms with Gasteiger partial charge in [0, 0.05) is 11.1 Å². The Balaban J connectivity index is 1.42.